The molecule has 0 aromatic rings. The number of carbonyl (C=O) groups is 2. The molecule has 96 valence electrons. The molecule has 1 atom stereocenters. The minimum Gasteiger partial charge on any atom is -0.480 e. The molecule has 0 aromatic heterocycles. The van der Waals surface area contributed by atoms with Gasteiger partial charge in [0.05, 0.1) is 12.6 Å². The van der Waals surface area contributed by atoms with Gasteiger partial charge in [-0.05, 0) is 12.8 Å². The number of ether oxygens (including phenoxy) is 1. The minimum absolute atomic E-state index is 0.0525. The molecule has 0 aliphatic rings. The smallest absolute Gasteiger partial charge is 0.323 e. The molecule has 0 aromatic carbocycles. The van der Waals surface area contributed by atoms with Gasteiger partial charge in [0.1, 0.15) is 6.54 Å². The van der Waals surface area contributed by atoms with E-state index in [1.807, 2.05) is 0 Å². The molecule has 0 heterocycles. The van der Waals surface area contributed by atoms with Crippen molar-refractivity contribution in [2.24, 2.45) is 5.73 Å². The van der Waals surface area contributed by atoms with Crippen molar-refractivity contribution in [3.8, 4) is 12.3 Å². The topological polar surface area (TPSA) is 92.9 Å². The second-order valence-electron chi connectivity index (χ2n) is 3.53. The lowest BCUT2D eigenvalue weighted by molar-refractivity contribution is -0.144. The van der Waals surface area contributed by atoms with Crippen LogP contribution in [0.15, 0.2) is 0 Å². The summed E-state index contributed by atoms with van der Waals surface area (Å²) >= 11 is 0. The highest BCUT2D eigenvalue weighted by molar-refractivity contribution is 5.85. The number of hydrogen-bond acceptors (Lipinski definition) is 4. The van der Waals surface area contributed by atoms with Gasteiger partial charge in [-0.15, -0.1) is 6.42 Å². The van der Waals surface area contributed by atoms with Crippen molar-refractivity contribution in [3.05, 3.63) is 0 Å². The molecule has 3 N–H and O–H groups in total. The highest BCUT2D eigenvalue weighted by Crippen LogP contribution is 2.00. The number of methoxy groups -OCH3 is 1. The Bertz CT molecular complexity index is 298. The van der Waals surface area contributed by atoms with Crippen LogP contribution in [0.25, 0.3) is 0 Å². The third-order valence-corrected chi connectivity index (χ3v) is 2.10. The van der Waals surface area contributed by atoms with Crippen molar-refractivity contribution in [1.29, 1.82) is 0 Å². The molecule has 1 amide bonds. The molecule has 0 radical (unpaired) electrons. The average molecular weight is 242 g/mol. The maximum atomic E-state index is 11.8. The standard InChI is InChI=1S/C11H18N2O4/c1-3-6-13(8-10(14)15)11(16)9(12)5-4-7-17-2/h1,9H,4-8,12H2,2H3,(H,14,15). The van der Waals surface area contributed by atoms with Gasteiger partial charge < -0.3 is 20.5 Å². The number of aliphatic carboxylic acids is 1. The number of carbonyl (C=O) groups excluding carboxylic acids is 1. The summed E-state index contributed by atoms with van der Waals surface area (Å²) in [6.07, 6.45) is 6.14. The van der Waals surface area contributed by atoms with Crippen molar-refractivity contribution in [2.45, 2.75) is 18.9 Å². The first-order valence-electron chi connectivity index (χ1n) is 5.21. The first-order chi connectivity index (χ1) is 8.02. The molecular formula is C11H18N2O4. The lowest BCUT2D eigenvalue weighted by Crippen LogP contribution is -2.46. The Hall–Kier alpha value is -1.58. The number of carboxylic acid groups (broad SMARTS) is 1. The second kappa shape index (κ2) is 8.56. The molecule has 6 heteroatoms. The first-order valence-corrected chi connectivity index (χ1v) is 5.21. The maximum Gasteiger partial charge on any atom is 0.323 e. The summed E-state index contributed by atoms with van der Waals surface area (Å²) in [5.41, 5.74) is 5.66. The van der Waals surface area contributed by atoms with E-state index in [0.717, 1.165) is 4.90 Å². The van der Waals surface area contributed by atoms with Crippen LogP contribution in [0.4, 0.5) is 0 Å². The molecule has 0 rings (SSSR count). The second-order valence-corrected chi connectivity index (χ2v) is 3.53. The van der Waals surface area contributed by atoms with E-state index in [0.29, 0.717) is 19.4 Å². The van der Waals surface area contributed by atoms with Crippen LogP contribution in [0.1, 0.15) is 12.8 Å². The van der Waals surface area contributed by atoms with Gasteiger partial charge in [-0.25, -0.2) is 0 Å². The largest absolute Gasteiger partial charge is 0.480 e. The van der Waals surface area contributed by atoms with Gasteiger partial charge in [0.25, 0.3) is 0 Å². The van der Waals surface area contributed by atoms with Gasteiger partial charge in [0.15, 0.2) is 0 Å². The van der Waals surface area contributed by atoms with E-state index in [9.17, 15) is 9.59 Å². The Balaban J connectivity index is 4.29. The lowest BCUT2D eigenvalue weighted by atomic mass is 10.1. The Kier molecular flexibility index (Phi) is 7.76. The van der Waals surface area contributed by atoms with Crippen molar-refractivity contribution >= 4 is 11.9 Å². The van der Waals surface area contributed by atoms with E-state index in [-0.39, 0.29) is 6.54 Å². The van der Waals surface area contributed by atoms with Crippen molar-refractivity contribution in [2.75, 3.05) is 26.8 Å². The summed E-state index contributed by atoms with van der Waals surface area (Å²) in [5, 5.41) is 8.63. The molecule has 1 unspecified atom stereocenters. The predicted molar refractivity (Wildman–Crippen MR) is 62.1 cm³/mol. The Morgan fingerprint density at radius 3 is 2.71 bits per heavy atom. The molecule has 0 saturated heterocycles. The van der Waals surface area contributed by atoms with E-state index in [1.54, 1.807) is 7.11 Å². The number of rotatable bonds is 8. The van der Waals surface area contributed by atoms with Crippen molar-refractivity contribution in [3.63, 3.8) is 0 Å². The zero-order valence-electron chi connectivity index (χ0n) is 9.89. The number of amides is 1. The average Bonchev–Trinajstić information content (AvgIpc) is 2.27. The van der Waals surface area contributed by atoms with Crippen LogP contribution < -0.4 is 5.73 Å². The van der Waals surface area contributed by atoms with Crippen LogP contribution in [0.2, 0.25) is 0 Å². The van der Waals surface area contributed by atoms with E-state index in [2.05, 4.69) is 5.92 Å². The summed E-state index contributed by atoms with van der Waals surface area (Å²) in [5.74, 6) is 0.681. The third kappa shape index (κ3) is 6.56. The maximum absolute atomic E-state index is 11.8. The molecule has 0 aliphatic carbocycles. The van der Waals surface area contributed by atoms with Crippen molar-refractivity contribution in [1.82, 2.24) is 4.90 Å². The normalized spacial score (nSPS) is 11.6. The Labute approximate surface area is 101 Å². The lowest BCUT2D eigenvalue weighted by Gasteiger charge is -2.21. The SMILES string of the molecule is C#CCN(CC(=O)O)C(=O)C(N)CCCOC. The van der Waals surface area contributed by atoms with Crippen molar-refractivity contribution < 1.29 is 19.4 Å². The first kappa shape index (κ1) is 15.4. The van der Waals surface area contributed by atoms with E-state index >= 15 is 0 Å². The van der Waals surface area contributed by atoms with Gasteiger partial charge in [0, 0.05) is 13.7 Å². The van der Waals surface area contributed by atoms with Gasteiger partial charge in [-0.3, -0.25) is 9.59 Å². The van der Waals surface area contributed by atoms with Crippen LogP contribution in [0.5, 0.6) is 0 Å². The van der Waals surface area contributed by atoms with E-state index in [1.165, 1.54) is 0 Å². The molecule has 0 fully saturated rings. The quantitative estimate of drug-likeness (QED) is 0.433. The molecule has 0 spiro atoms. The van der Waals surface area contributed by atoms with Crippen LogP contribution in [0.3, 0.4) is 0 Å². The van der Waals surface area contributed by atoms with E-state index < -0.39 is 24.5 Å². The zero-order valence-corrected chi connectivity index (χ0v) is 9.89. The van der Waals surface area contributed by atoms with Gasteiger partial charge in [-0.1, -0.05) is 5.92 Å². The number of nitrogens with two attached hydrogens (primary N) is 1. The number of hydrogen-bond donors (Lipinski definition) is 2. The summed E-state index contributed by atoms with van der Waals surface area (Å²) in [4.78, 5) is 23.4. The summed E-state index contributed by atoms with van der Waals surface area (Å²) in [7, 11) is 1.56. The van der Waals surface area contributed by atoms with Crippen LogP contribution >= 0.6 is 0 Å². The molecule has 6 nitrogen and oxygen atoms in total. The molecule has 0 bridgehead atoms. The van der Waals surface area contributed by atoms with E-state index in [4.69, 9.17) is 22.0 Å². The highest BCUT2D eigenvalue weighted by atomic mass is 16.5. The predicted octanol–water partition coefficient (Wildman–Crippen LogP) is -0.713. The number of terminal acetylenes is 1. The fourth-order valence-electron chi connectivity index (χ4n) is 1.29. The molecule has 0 aliphatic heterocycles. The monoisotopic (exact) mass is 242 g/mol. The summed E-state index contributed by atoms with van der Waals surface area (Å²) < 4.78 is 4.84. The summed E-state index contributed by atoms with van der Waals surface area (Å²) in [6, 6.07) is -0.738. The van der Waals surface area contributed by atoms with Crippen LogP contribution in [-0.2, 0) is 14.3 Å². The Morgan fingerprint density at radius 2 is 2.24 bits per heavy atom. The fraction of sp³-hybridized carbons (Fsp3) is 0.636. The van der Waals surface area contributed by atoms with Gasteiger partial charge in [0.2, 0.25) is 5.91 Å². The highest BCUT2D eigenvalue weighted by Gasteiger charge is 2.21. The Morgan fingerprint density at radius 1 is 1.59 bits per heavy atom. The number of carboxylic acids is 1. The van der Waals surface area contributed by atoms with Gasteiger partial charge in [-0.2, -0.15) is 0 Å². The van der Waals surface area contributed by atoms with Crippen LogP contribution in [0, 0.1) is 12.3 Å². The van der Waals surface area contributed by atoms with Crippen LogP contribution in [-0.4, -0.2) is 54.7 Å². The fourth-order valence-corrected chi connectivity index (χ4v) is 1.29. The molecular weight excluding hydrogens is 224 g/mol. The summed E-state index contributed by atoms with van der Waals surface area (Å²) in [6.45, 7) is 0.0270. The third-order valence-electron chi connectivity index (χ3n) is 2.10. The van der Waals surface area contributed by atoms with Gasteiger partial charge >= 0.3 is 5.97 Å². The number of nitrogens with zero attached hydrogens (tertiary/aromatic N) is 1. The zero-order chi connectivity index (χ0) is 13.3. The minimum atomic E-state index is -1.11. The molecule has 17 heavy (non-hydrogen) atoms. The molecule has 0 saturated carbocycles.